The Hall–Kier alpha value is -3.61. The second-order valence-electron chi connectivity index (χ2n) is 9.20. The molecule has 2 N–H and O–H groups in total. The molecule has 0 aliphatic carbocycles. The third-order valence-electron chi connectivity index (χ3n) is 6.09. The van der Waals surface area contributed by atoms with Crippen molar-refractivity contribution in [3.05, 3.63) is 83.9 Å². The number of alkyl halides is 3. The third-order valence-corrected chi connectivity index (χ3v) is 7.57. The molecule has 0 fully saturated rings. The highest BCUT2D eigenvalue weighted by molar-refractivity contribution is 7.89. The zero-order chi connectivity index (χ0) is 27.9. The van der Waals surface area contributed by atoms with E-state index in [1.807, 2.05) is 0 Å². The van der Waals surface area contributed by atoms with Crippen molar-refractivity contribution < 1.29 is 41.0 Å². The highest BCUT2D eigenvalue weighted by Crippen LogP contribution is 2.42. The lowest BCUT2D eigenvalue weighted by molar-refractivity contribution is -0.275. The number of rotatable bonds is 6. The summed E-state index contributed by atoms with van der Waals surface area (Å²) < 4.78 is 77.4. The smallest absolute Gasteiger partial charge is 0.485 e. The Morgan fingerprint density at radius 2 is 1.68 bits per heavy atom. The van der Waals surface area contributed by atoms with Crippen LogP contribution in [-0.4, -0.2) is 44.5 Å². The number of nitrogens with one attached hydrogen (secondary N) is 1. The average molecular weight is 551 g/mol. The number of aliphatic hydroxyl groups is 1. The van der Waals surface area contributed by atoms with Crippen LogP contribution in [0, 0.1) is 0 Å². The maximum atomic E-state index is 13.3. The first kappa shape index (κ1) is 27.4. The molecule has 3 aromatic rings. The van der Waals surface area contributed by atoms with Crippen LogP contribution in [0.1, 0.15) is 35.8 Å². The second kappa shape index (κ2) is 9.93. The minimum Gasteiger partial charge on any atom is -0.485 e. The Bertz CT molecular complexity index is 1440. The molecule has 3 aromatic carbocycles. The number of benzene rings is 3. The van der Waals surface area contributed by atoms with Crippen LogP contribution >= 0.6 is 0 Å². The highest BCUT2D eigenvalue weighted by Gasteiger charge is 2.45. The highest BCUT2D eigenvalue weighted by atomic mass is 32.2. The summed E-state index contributed by atoms with van der Waals surface area (Å²) in [6, 6.07) is 16.1. The van der Waals surface area contributed by atoms with E-state index in [1.54, 1.807) is 37.4 Å². The van der Waals surface area contributed by atoms with Crippen molar-refractivity contribution in [2.45, 2.75) is 42.9 Å². The molecule has 4 rings (SSSR count). The number of nitrogens with zero attached hydrogens (tertiary/aromatic N) is 1. The number of para-hydroxylation sites is 2. The van der Waals surface area contributed by atoms with E-state index in [1.165, 1.54) is 49.1 Å². The van der Waals surface area contributed by atoms with Crippen LogP contribution in [0.15, 0.2) is 77.7 Å². The number of carbonyl (C=O) groups excluding carboxylic acids is 1. The summed E-state index contributed by atoms with van der Waals surface area (Å²) in [6.07, 6.45) is -6.60. The Labute approximate surface area is 217 Å². The molecule has 1 aliphatic rings. The molecule has 0 radical (unpaired) electrons. The number of ether oxygens (including phenoxy) is 2. The predicted molar refractivity (Wildman–Crippen MR) is 133 cm³/mol. The molecule has 2 atom stereocenters. The van der Waals surface area contributed by atoms with Gasteiger partial charge in [-0.15, -0.1) is 13.2 Å². The summed E-state index contributed by atoms with van der Waals surface area (Å²) >= 11 is 0. The van der Waals surface area contributed by atoms with E-state index < -0.39 is 50.7 Å². The number of halogens is 3. The summed E-state index contributed by atoms with van der Waals surface area (Å²) in [4.78, 5) is 13.8. The quantitative estimate of drug-likeness (QED) is 0.471. The summed E-state index contributed by atoms with van der Waals surface area (Å²) in [5, 5.41) is 11.1. The van der Waals surface area contributed by atoms with Gasteiger partial charge in [0.15, 0.2) is 0 Å². The van der Waals surface area contributed by atoms with Crippen LogP contribution in [0.2, 0.25) is 0 Å². The number of amides is 1. The zero-order valence-corrected chi connectivity index (χ0v) is 21.4. The van der Waals surface area contributed by atoms with Crippen molar-refractivity contribution >= 4 is 21.6 Å². The van der Waals surface area contributed by atoms with Crippen LogP contribution in [0.4, 0.5) is 18.9 Å². The maximum absolute atomic E-state index is 13.3. The van der Waals surface area contributed by atoms with Gasteiger partial charge in [0.1, 0.15) is 28.1 Å². The largest absolute Gasteiger partial charge is 0.573 e. The van der Waals surface area contributed by atoms with Crippen molar-refractivity contribution in [2.24, 2.45) is 0 Å². The van der Waals surface area contributed by atoms with Crippen LogP contribution in [0.5, 0.6) is 11.5 Å². The van der Waals surface area contributed by atoms with Crippen molar-refractivity contribution in [3.63, 3.8) is 0 Å². The number of aliphatic hydroxyl groups excluding tert-OH is 1. The fraction of sp³-hybridized carbons (Fsp3) is 0.269. The van der Waals surface area contributed by atoms with Gasteiger partial charge >= 0.3 is 6.36 Å². The Morgan fingerprint density at radius 3 is 2.34 bits per heavy atom. The van der Waals surface area contributed by atoms with E-state index in [-0.39, 0.29) is 16.9 Å². The van der Waals surface area contributed by atoms with Gasteiger partial charge in [0.2, 0.25) is 10.0 Å². The monoisotopic (exact) mass is 550 g/mol. The fourth-order valence-electron chi connectivity index (χ4n) is 4.13. The topological polar surface area (TPSA) is 105 Å². The number of sulfonamides is 1. The van der Waals surface area contributed by atoms with E-state index in [4.69, 9.17) is 4.74 Å². The number of hydrogen-bond acceptors (Lipinski definition) is 6. The zero-order valence-electron chi connectivity index (χ0n) is 20.6. The van der Waals surface area contributed by atoms with E-state index in [2.05, 4.69) is 9.46 Å². The average Bonchev–Trinajstić information content (AvgIpc) is 2.85. The molecule has 1 aliphatic heterocycles. The SMILES string of the molecule is CN(C(=O)c1ccc2c(c1)[C@@H](NS(=O)(=O)c1ccccc1OC(F)(F)F)[C@H](O)C(C)(C)O2)c1ccccc1. The second-order valence-corrected chi connectivity index (χ2v) is 10.9. The van der Waals surface area contributed by atoms with Gasteiger partial charge in [-0.2, -0.15) is 0 Å². The molecule has 38 heavy (non-hydrogen) atoms. The predicted octanol–water partition coefficient (Wildman–Crippen LogP) is 4.41. The van der Waals surface area contributed by atoms with E-state index in [9.17, 15) is 31.5 Å². The third kappa shape index (κ3) is 5.62. The van der Waals surface area contributed by atoms with Gasteiger partial charge in [0, 0.05) is 23.9 Å². The molecule has 0 aromatic heterocycles. The lowest BCUT2D eigenvalue weighted by atomic mass is 9.86. The first-order chi connectivity index (χ1) is 17.7. The maximum Gasteiger partial charge on any atom is 0.573 e. The van der Waals surface area contributed by atoms with E-state index >= 15 is 0 Å². The number of fused-ring (bicyclic) bond motifs is 1. The molecule has 0 unspecified atom stereocenters. The molecule has 0 saturated carbocycles. The van der Waals surface area contributed by atoms with Crippen LogP contribution < -0.4 is 19.1 Å². The molecular formula is C26H25F3N2O6S. The molecule has 0 spiro atoms. The lowest BCUT2D eigenvalue weighted by Gasteiger charge is -2.42. The molecule has 1 heterocycles. The van der Waals surface area contributed by atoms with Crippen LogP contribution in [-0.2, 0) is 10.0 Å². The van der Waals surface area contributed by atoms with Gasteiger partial charge in [0.05, 0.1) is 6.04 Å². The van der Waals surface area contributed by atoms with E-state index in [0.29, 0.717) is 5.69 Å². The summed E-state index contributed by atoms with van der Waals surface area (Å²) in [5.41, 5.74) is -0.349. The minimum absolute atomic E-state index is 0.141. The summed E-state index contributed by atoms with van der Waals surface area (Å²) in [6.45, 7) is 3.07. The van der Waals surface area contributed by atoms with Gasteiger partial charge in [-0.25, -0.2) is 13.1 Å². The number of hydrogen-bond donors (Lipinski definition) is 2. The standard InChI is InChI=1S/C26H25F3N2O6S/c1-25(2)23(32)22(30-38(34,35)21-12-8-7-11-20(21)37-26(27,28)29)18-15-16(13-14-19(18)36-25)24(33)31(3)17-9-5-4-6-10-17/h4-15,22-23,30,32H,1-3H3/t22-,23+/m1/s1. The van der Waals surface area contributed by atoms with E-state index in [0.717, 1.165) is 12.1 Å². The van der Waals surface area contributed by atoms with Gasteiger partial charge in [-0.3, -0.25) is 4.79 Å². The first-order valence-electron chi connectivity index (χ1n) is 11.4. The van der Waals surface area contributed by atoms with Crippen molar-refractivity contribution in [1.29, 1.82) is 0 Å². The molecule has 12 heteroatoms. The molecular weight excluding hydrogens is 525 g/mol. The first-order valence-corrected chi connectivity index (χ1v) is 12.9. The van der Waals surface area contributed by atoms with Gasteiger partial charge in [0.25, 0.3) is 5.91 Å². The molecule has 202 valence electrons. The number of carbonyl (C=O) groups is 1. The summed E-state index contributed by atoms with van der Waals surface area (Å²) in [7, 11) is -3.09. The van der Waals surface area contributed by atoms with Crippen molar-refractivity contribution in [1.82, 2.24) is 4.72 Å². The fourth-order valence-corrected chi connectivity index (χ4v) is 5.48. The van der Waals surface area contributed by atoms with Gasteiger partial charge in [-0.05, 0) is 56.3 Å². The Kier molecular flexibility index (Phi) is 7.17. The molecule has 8 nitrogen and oxygen atoms in total. The Morgan fingerprint density at radius 1 is 1.05 bits per heavy atom. The van der Waals surface area contributed by atoms with Crippen LogP contribution in [0.3, 0.4) is 0 Å². The lowest BCUT2D eigenvalue weighted by Crippen LogP contribution is -2.53. The molecule has 0 bridgehead atoms. The summed E-state index contributed by atoms with van der Waals surface area (Å²) in [5.74, 6) is -1.14. The Balaban J connectivity index is 1.74. The normalized spacial score (nSPS) is 18.7. The van der Waals surface area contributed by atoms with Crippen molar-refractivity contribution in [2.75, 3.05) is 11.9 Å². The number of anilines is 1. The van der Waals surface area contributed by atoms with Gasteiger partial charge in [-0.1, -0.05) is 30.3 Å². The van der Waals surface area contributed by atoms with Crippen LogP contribution in [0.25, 0.3) is 0 Å². The molecule has 1 amide bonds. The van der Waals surface area contributed by atoms with Crippen molar-refractivity contribution in [3.8, 4) is 11.5 Å². The van der Waals surface area contributed by atoms with Gasteiger partial charge < -0.3 is 19.5 Å². The molecule has 0 saturated heterocycles. The minimum atomic E-state index is -5.13.